The number of nitro groups is 1. The lowest BCUT2D eigenvalue weighted by atomic mass is 10.0. The second kappa shape index (κ2) is 11.3. The van der Waals surface area contributed by atoms with Crippen LogP contribution in [-0.2, 0) is 4.79 Å². The third-order valence-electron chi connectivity index (χ3n) is 5.01. The van der Waals surface area contributed by atoms with E-state index in [0.29, 0.717) is 5.75 Å². The fourth-order valence-electron chi connectivity index (χ4n) is 3.19. The molecule has 1 unspecified atom stereocenters. The Balaban J connectivity index is 1.69. The normalized spacial score (nSPS) is 11.9. The van der Waals surface area contributed by atoms with E-state index in [-0.39, 0.29) is 39.3 Å². The van der Waals surface area contributed by atoms with Crippen molar-refractivity contribution in [1.82, 2.24) is 10.7 Å². The summed E-state index contributed by atoms with van der Waals surface area (Å²) in [7, 11) is 1.42. The van der Waals surface area contributed by atoms with Crippen LogP contribution in [0.25, 0.3) is 11.3 Å². The Morgan fingerprint density at radius 1 is 1.17 bits per heavy atom. The van der Waals surface area contributed by atoms with Crippen molar-refractivity contribution < 1.29 is 23.7 Å². The molecule has 0 saturated carbocycles. The maximum atomic E-state index is 12.6. The van der Waals surface area contributed by atoms with E-state index in [1.165, 1.54) is 25.5 Å². The van der Waals surface area contributed by atoms with Crippen LogP contribution < -0.4 is 15.5 Å². The molecule has 11 heteroatoms. The van der Waals surface area contributed by atoms with E-state index in [4.69, 9.17) is 20.8 Å². The number of benzene rings is 2. The Bertz CT molecular complexity index is 1270. The molecule has 2 amide bonds. The Kier molecular flexibility index (Phi) is 8.21. The zero-order valence-corrected chi connectivity index (χ0v) is 19.9. The first-order chi connectivity index (χ1) is 16.7. The fourth-order valence-corrected chi connectivity index (χ4v) is 3.41. The maximum absolute atomic E-state index is 12.6. The van der Waals surface area contributed by atoms with E-state index >= 15 is 0 Å². The van der Waals surface area contributed by atoms with Gasteiger partial charge in [0.05, 0.1) is 40.5 Å². The zero-order chi connectivity index (χ0) is 25.5. The molecule has 0 bridgehead atoms. The number of ether oxygens (including phenoxy) is 1. The number of hydrogen-bond donors (Lipinski definition) is 2. The Morgan fingerprint density at radius 3 is 2.57 bits per heavy atom. The van der Waals surface area contributed by atoms with Gasteiger partial charge in [0, 0.05) is 0 Å². The lowest BCUT2D eigenvalue weighted by Gasteiger charge is -2.20. The van der Waals surface area contributed by atoms with Gasteiger partial charge < -0.3 is 14.5 Å². The predicted octanol–water partition coefficient (Wildman–Crippen LogP) is 4.42. The summed E-state index contributed by atoms with van der Waals surface area (Å²) in [5.41, 5.74) is 2.72. The fraction of sp³-hybridized carbons (Fsp3) is 0.208. The minimum absolute atomic E-state index is 0.176. The molecule has 2 aromatic carbocycles. The van der Waals surface area contributed by atoms with Gasteiger partial charge in [0.15, 0.2) is 0 Å². The summed E-state index contributed by atoms with van der Waals surface area (Å²) in [5.74, 6) is -0.398. The highest BCUT2D eigenvalue weighted by molar-refractivity contribution is 6.33. The molecular weight excluding hydrogens is 476 g/mol. The van der Waals surface area contributed by atoms with E-state index in [2.05, 4.69) is 15.8 Å². The second-order valence-corrected chi connectivity index (χ2v) is 8.16. The van der Waals surface area contributed by atoms with Gasteiger partial charge in [-0.2, -0.15) is 5.10 Å². The Morgan fingerprint density at radius 2 is 1.91 bits per heavy atom. The van der Waals surface area contributed by atoms with E-state index in [9.17, 15) is 19.7 Å². The minimum atomic E-state index is -0.870. The van der Waals surface area contributed by atoms with Crippen molar-refractivity contribution >= 4 is 35.3 Å². The summed E-state index contributed by atoms with van der Waals surface area (Å²) in [6.07, 6.45) is 1.25. The van der Waals surface area contributed by atoms with Gasteiger partial charge in [-0.1, -0.05) is 37.6 Å². The lowest BCUT2D eigenvalue weighted by molar-refractivity contribution is -0.384. The van der Waals surface area contributed by atoms with Crippen LogP contribution in [0.15, 0.2) is 64.1 Å². The Labute approximate surface area is 206 Å². The summed E-state index contributed by atoms with van der Waals surface area (Å²) >= 11 is 6.06. The molecule has 0 aliphatic carbocycles. The number of furan rings is 1. The average molecular weight is 499 g/mol. The summed E-state index contributed by atoms with van der Waals surface area (Å²) in [5, 5.41) is 18.2. The van der Waals surface area contributed by atoms with Gasteiger partial charge in [-0.25, -0.2) is 5.43 Å². The number of carbonyl (C=O) groups excluding carboxylic acids is 2. The van der Waals surface area contributed by atoms with Gasteiger partial charge >= 0.3 is 0 Å². The molecule has 0 aliphatic heterocycles. The molecule has 10 nitrogen and oxygen atoms in total. The van der Waals surface area contributed by atoms with Crippen LogP contribution >= 0.6 is 11.6 Å². The van der Waals surface area contributed by atoms with Crippen molar-refractivity contribution in [2.45, 2.75) is 19.9 Å². The highest BCUT2D eigenvalue weighted by Gasteiger charge is 2.25. The molecule has 2 N–H and O–H groups in total. The molecule has 35 heavy (non-hydrogen) atoms. The van der Waals surface area contributed by atoms with Crippen LogP contribution in [-0.4, -0.2) is 36.1 Å². The second-order valence-electron chi connectivity index (χ2n) is 7.75. The summed E-state index contributed by atoms with van der Waals surface area (Å²) in [6, 6.07) is 13.2. The van der Waals surface area contributed by atoms with Crippen LogP contribution in [0.3, 0.4) is 0 Å². The predicted molar refractivity (Wildman–Crippen MR) is 131 cm³/mol. The van der Waals surface area contributed by atoms with Gasteiger partial charge in [-0.3, -0.25) is 19.7 Å². The molecule has 3 aromatic rings. The third kappa shape index (κ3) is 6.24. The third-order valence-corrected chi connectivity index (χ3v) is 5.34. The van der Waals surface area contributed by atoms with Crippen LogP contribution in [0, 0.1) is 16.0 Å². The number of nitro benzene ring substituents is 1. The summed E-state index contributed by atoms with van der Waals surface area (Å²) in [4.78, 5) is 36.1. The number of methoxy groups -OCH3 is 1. The molecule has 0 aliphatic rings. The molecule has 1 atom stereocenters. The van der Waals surface area contributed by atoms with E-state index < -0.39 is 22.8 Å². The lowest BCUT2D eigenvalue weighted by Crippen LogP contribution is -2.48. The van der Waals surface area contributed by atoms with Crippen LogP contribution in [0.5, 0.6) is 5.75 Å². The van der Waals surface area contributed by atoms with Gasteiger partial charge in [0.2, 0.25) is 0 Å². The SMILES string of the molecule is COc1ccc(-c2ccc(/C=N\NC(=O)C(NC(=O)c3ccccc3Cl)C(C)C)o2)c([N+](=O)[O-])c1. The first-order valence-corrected chi connectivity index (χ1v) is 10.9. The zero-order valence-electron chi connectivity index (χ0n) is 19.2. The first-order valence-electron chi connectivity index (χ1n) is 10.5. The van der Waals surface area contributed by atoms with Gasteiger partial charge in [0.25, 0.3) is 17.5 Å². The van der Waals surface area contributed by atoms with Crippen molar-refractivity contribution in [3.63, 3.8) is 0 Å². The maximum Gasteiger partial charge on any atom is 0.284 e. The van der Waals surface area contributed by atoms with E-state index in [1.54, 1.807) is 56.3 Å². The molecule has 0 radical (unpaired) electrons. The number of halogens is 1. The van der Waals surface area contributed by atoms with Crippen molar-refractivity contribution in [2.24, 2.45) is 11.0 Å². The highest BCUT2D eigenvalue weighted by atomic mass is 35.5. The number of nitrogens with one attached hydrogen (secondary N) is 2. The number of hydrogen-bond acceptors (Lipinski definition) is 7. The van der Waals surface area contributed by atoms with E-state index in [1.807, 2.05) is 0 Å². The number of rotatable bonds is 9. The first kappa shape index (κ1) is 25.4. The largest absolute Gasteiger partial charge is 0.497 e. The molecule has 1 aromatic heterocycles. The molecule has 3 rings (SSSR count). The number of nitrogens with zero attached hydrogens (tertiary/aromatic N) is 2. The Hall–Kier alpha value is -4.18. The van der Waals surface area contributed by atoms with Crippen LogP contribution in [0.4, 0.5) is 5.69 Å². The average Bonchev–Trinajstić information content (AvgIpc) is 3.30. The standard InChI is InChI=1S/C24H23ClN4O6/c1-14(2)22(27-23(30)17-6-4-5-7-19(17)25)24(31)28-26-13-16-9-11-21(35-16)18-10-8-15(34-3)12-20(18)29(32)33/h4-14,22H,1-3H3,(H,27,30)(H,28,31)/b26-13-. The molecule has 0 fully saturated rings. The molecule has 1 heterocycles. The summed E-state index contributed by atoms with van der Waals surface area (Å²) in [6.45, 7) is 3.56. The monoisotopic (exact) mass is 498 g/mol. The molecule has 0 spiro atoms. The van der Waals surface area contributed by atoms with Crippen molar-refractivity contribution in [3.05, 3.63) is 81.1 Å². The van der Waals surface area contributed by atoms with Crippen molar-refractivity contribution in [1.29, 1.82) is 0 Å². The topological polar surface area (TPSA) is 136 Å². The number of hydrazone groups is 1. The summed E-state index contributed by atoms with van der Waals surface area (Å²) < 4.78 is 10.7. The number of amides is 2. The molecule has 182 valence electrons. The van der Waals surface area contributed by atoms with Crippen molar-refractivity contribution in [3.8, 4) is 17.1 Å². The minimum Gasteiger partial charge on any atom is -0.497 e. The quantitative estimate of drug-likeness (QED) is 0.254. The van der Waals surface area contributed by atoms with Crippen LogP contribution in [0.1, 0.15) is 30.0 Å². The van der Waals surface area contributed by atoms with Gasteiger partial charge in [-0.15, -0.1) is 0 Å². The van der Waals surface area contributed by atoms with Gasteiger partial charge in [0.1, 0.15) is 23.3 Å². The highest BCUT2D eigenvalue weighted by Crippen LogP contribution is 2.33. The van der Waals surface area contributed by atoms with Crippen molar-refractivity contribution in [2.75, 3.05) is 7.11 Å². The van der Waals surface area contributed by atoms with Crippen LogP contribution in [0.2, 0.25) is 5.02 Å². The number of carbonyl (C=O) groups is 2. The van der Waals surface area contributed by atoms with Gasteiger partial charge in [-0.05, 0) is 42.3 Å². The molecule has 0 saturated heterocycles. The van der Waals surface area contributed by atoms with E-state index in [0.717, 1.165) is 0 Å². The smallest absolute Gasteiger partial charge is 0.284 e. The molecular formula is C24H23ClN4O6.